The Balaban J connectivity index is 4.85. The summed E-state index contributed by atoms with van der Waals surface area (Å²) in [7, 11) is 0. The van der Waals surface area contributed by atoms with Gasteiger partial charge in [0.05, 0.1) is 0 Å². The van der Waals surface area contributed by atoms with Crippen molar-refractivity contribution in [2.24, 2.45) is 0 Å². The van der Waals surface area contributed by atoms with Crippen LogP contribution in [0.25, 0.3) is 0 Å². The van der Waals surface area contributed by atoms with E-state index in [0.29, 0.717) is 0 Å². The first-order valence-corrected chi connectivity index (χ1v) is 3.03. The monoisotopic (exact) mass is 240 g/mol. The summed E-state index contributed by atoms with van der Waals surface area (Å²) in [5, 5.41) is 7.75. The Kier molecular flexibility index (Phi) is 3.56. The molecule has 0 aromatic heterocycles. The molecule has 15 heavy (non-hydrogen) atoms. The fourth-order valence-corrected chi connectivity index (χ4v) is 0.477. The zero-order valence-corrected chi connectivity index (χ0v) is 6.52. The average molecular weight is 240 g/mol. The smallest absolute Gasteiger partial charge is 0.434 e. The SMILES string of the molecule is O=C(O)C(=O)OC(C(F)(F)F)C(F)(F)F. The number of carboxylic acids is 1. The Morgan fingerprint density at radius 1 is 1.00 bits per heavy atom. The van der Waals surface area contributed by atoms with Crippen LogP contribution in [0, 0.1) is 0 Å². The standard InChI is InChI=1S/C5H2F6O4/c6-4(7,8)3(5(9,10)11)15-2(14)1(12)13/h3H,(H,12,13). The number of carboxylic acid groups (broad SMARTS) is 1. The van der Waals surface area contributed by atoms with E-state index in [2.05, 4.69) is 4.74 Å². The van der Waals surface area contributed by atoms with Gasteiger partial charge in [0.25, 0.3) is 6.10 Å². The van der Waals surface area contributed by atoms with Gasteiger partial charge in [-0.15, -0.1) is 0 Å². The Labute approximate surface area is 77.4 Å². The first-order valence-electron chi connectivity index (χ1n) is 3.03. The van der Waals surface area contributed by atoms with E-state index in [-0.39, 0.29) is 0 Å². The van der Waals surface area contributed by atoms with Crippen LogP contribution in [0.3, 0.4) is 0 Å². The minimum absolute atomic E-state index is 2.55. The number of hydrogen-bond donors (Lipinski definition) is 1. The lowest BCUT2D eigenvalue weighted by molar-refractivity contribution is -0.312. The van der Waals surface area contributed by atoms with Crippen LogP contribution in [0.15, 0.2) is 0 Å². The van der Waals surface area contributed by atoms with E-state index < -0.39 is 30.4 Å². The van der Waals surface area contributed by atoms with E-state index in [1.54, 1.807) is 0 Å². The average Bonchev–Trinajstić information content (AvgIpc) is 1.94. The molecule has 0 aromatic carbocycles. The van der Waals surface area contributed by atoms with E-state index in [1.165, 1.54) is 0 Å². The molecule has 0 amide bonds. The molecule has 0 saturated heterocycles. The van der Waals surface area contributed by atoms with Gasteiger partial charge in [-0.3, -0.25) is 0 Å². The Morgan fingerprint density at radius 3 is 1.53 bits per heavy atom. The lowest BCUT2D eigenvalue weighted by atomic mass is 10.3. The number of alkyl halides is 6. The Morgan fingerprint density at radius 2 is 1.33 bits per heavy atom. The van der Waals surface area contributed by atoms with Gasteiger partial charge >= 0.3 is 24.3 Å². The van der Waals surface area contributed by atoms with Crippen molar-refractivity contribution in [2.75, 3.05) is 0 Å². The van der Waals surface area contributed by atoms with Crippen LogP contribution in [0.5, 0.6) is 0 Å². The van der Waals surface area contributed by atoms with Gasteiger partial charge in [-0.1, -0.05) is 0 Å². The molecule has 10 heteroatoms. The maximum Gasteiger partial charge on any atom is 0.434 e. The third-order valence-electron chi connectivity index (χ3n) is 0.994. The number of carbonyl (C=O) groups excluding carboxylic acids is 1. The third kappa shape index (κ3) is 4.04. The maximum atomic E-state index is 11.6. The van der Waals surface area contributed by atoms with Crippen molar-refractivity contribution in [3.63, 3.8) is 0 Å². The molecule has 0 aliphatic rings. The molecule has 0 aliphatic heterocycles. The second kappa shape index (κ2) is 3.95. The minimum atomic E-state index is -5.91. The number of ether oxygens (including phenoxy) is 1. The molecule has 0 spiro atoms. The van der Waals surface area contributed by atoms with Crippen molar-refractivity contribution in [2.45, 2.75) is 18.5 Å². The highest BCUT2D eigenvalue weighted by atomic mass is 19.4. The first kappa shape index (κ1) is 13.5. The van der Waals surface area contributed by atoms with Gasteiger partial charge in [0.2, 0.25) is 0 Å². The van der Waals surface area contributed by atoms with E-state index in [9.17, 15) is 35.9 Å². The van der Waals surface area contributed by atoms with Crippen LogP contribution in [-0.4, -0.2) is 35.5 Å². The molecule has 0 saturated carbocycles. The zero-order chi connectivity index (χ0) is 12.4. The van der Waals surface area contributed by atoms with Gasteiger partial charge in [-0.25, -0.2) is 9.59 Å². The summed E-state index contributed by atoms with van der Waals surface area (Å²) in [6.07, 6.45) is -16.3. The largest absolute Gasteiger partial charge is 0.473 e. The number of esters is 1. The van der Waals surface area contributed by atoms with Gasteiger partial charge in [-0.2, -0.15) is 26.3 Å². The summed E-state index contributed by atoms with van der Waals surface area (Å²) in [4.78, 5) is 19.7. The highest BCUT2D eigenvalue weighted by Gasteiger charge is 2.60. The lowest BCUT2D eigenvalue weighted by Crippen LogP contribution is -2.46. The number of carbonyl (C=O) groups is 2. The van der Waals surface area contributed by atoms with Crippen LogP contribution >= 0.6 is 0 Å². The lowest BCUT2D eigenvalue weighted by Gasteiger charge is -2.21. The molecule has 0 radical (unpaired) electrons. The number of rotatable bonds is 1. The topological polar surface area (TPSA) is 63.6 Å². The van der Waals surface area contributed by atoms with Gasteiger partial charge in [0.1, 0.15) is 0 Å². The zero-order valence-electron chi connectivity index (χ0n) is 6.52. The third-order valence-corrected chi connectivity index (χ3v) is 0.994. The summed E-state index contributed by atoms with van der Waals surface area (Å²) >= 11 is 0. The molecule has 0 unspecified atom stereocenters. The molecule has 88 valence electrons. The minimum Gasteiger partial charge on any atom is -0.473 e. The summed E-state index contributed by atoms with van der Waals surface area (Å²) < 4.78 is 72.7. The molecule has 0 fully saturated rings. The number of hydrogen-bond acceptors (Lipinski definition) is 3. The van der Waals surface area contributed by atoms with Crippen molar-refractivity contribution in [1.82, 2.24) is 0 Å². The summed E-state index contributed by atoms with van der Waals surface area (Å²) in [5.41, 5.74) is 0. The second-order valence-corrected chi connectivity index (χ2v) is 2.17. The predicted molar refractivity (Wildman–Crippen MR) is 29.6 cm³/mol. The van der Waals surface area contributed by atoms with E-state index in [4.69, 9.17) is 5.11 Å². The van der Waals surface area contributed by atoms with Crippen LogP contribution in [0.1, 0.15) is 0 Å². The predicted octanol–water partition coefficient (Wildman–Crippen LogP) is 1.11. The molecular weight excluding hydrogens is 238 g/mol. The highest BCUT2D eigenvalue weighted by Crippen LogP contribution is 2.35. The first-order chi connectivity index (χ1) is 6.46. The van der Waals surface area contributed by atoms with Gasteiger partial charge in [-0.05, 0) is 0 Å². The van der Waals surface area contributed by atoms with E-state index >= 15 is 0 Å². The molecule has 0 rings (SSSR count). The molecule has 0 aliphatic carbocycles. The second-order valence-electron chi connectivity index (χ2n) is 2.17. The van der Waals surface area contributed by atoms with Crippen LogP contribution in [0.4, 0.5) is 26.3 Å². The summed E-state index contributed by atoms with van der Waals surface area (Å²) in [5.74, 6) is -5.18. The van der Waals surface area contributed by atoms with Crippen molar-refractivity contribution < 1.29 is 45.8 Å². The summed E-state index contributed by atoms with van der Waals surface area (Å²) in [6, 6.07) is 0. The number of aliphatic carboxylic acids is 1. The van der Waals surface area contributed by atoms with E-state index in [1.807, 2.05) is 0 Å². The Hall–Kier alpha value is -1.48. The maximum absolute atomic E-state index is 11.6. The fourth-order valence-electron chi connectivity index (χ4n) is 0.477. The molecule has 1 N–H and O–H groups in total. The van der Waals surface area contributed by atoms with Crippen LogP contribution in [-0.2, 0) is 14.3 Å². The van der Waals surface area contributed by atoms with Crippen molar-refractivity contribution in [3.05, 3.63) is 0 Å². The molecule has 0 atom stereocenters. The van der Waals surface area contributed by atoms with Crippen molar-refractivity contribution >= 4 is 11.9 Å². The normalized spacial score (nSPS) is 12.7. The van der Waals surface area contributed by atoms with Crippen LogP contribution in [0.2, 0.25) is 0 Å². The van der Waals surface area contributed by atoms with E-state index in [0.717, 1.165) is 0 Å². The fraction of sp³-hybridized carbons (Fsp3) is 0.600. The summed E-state index contributed by atoms with van der Waals surface area (Å²) in [6.45, 7) is 0. The van der Waals surface area contributed by atoms with Gasteiger partial charge < -0.3 is 9.84 Å². The highest BCUT2D eigenvalue weighted by molar-refractivity contribution is 6.28. The Bertz CT molecular complexity index is 252. The van der Waals surface area contributed by atoms with Gasteiger partial charge in [0, 0.05) is 0 Å². The van der Waals surface area contributed by atoms with Crippen LogP contribution < -0.4 is 0 Å². The number of halogens is 6. The molecular formula is C5H2F6O4. The molecule has 0 bridgehead atoms. The van der Waals surface area contributed by atoms with Crippen molar-refractivity contribution in [1.29, 1.82) is 0 Å². The van der Waals surface area contributed by atoms with Crippen molar-refractivity contribution in [3.8, 4) is 0 Å². The van der Waals surface area contributed by atoms with Gasteiger partial charge in [0.15, 0.2) is 0 Å². The molecule has 0 aromatic rings. The molecule has 4 nitrogen and oxygen atoms in total. The molecule has 0 heterocycles. The quantitative estimate of drug-likeness (QED) is 0.423.